The maximum Gasteiger partial charge on any atom is 0.374 e. The molecule has 0 bridgehead atoms. The van der Waals surface area contributed by atoms with E-state index in [4.69, 9.17) is 9.47 Å². The van der Waals surface area contributed by atoms with Crippen LogP contribution in [0.1, 0.15) is 28.9 Å². The number of hydrogen-bond acceptors (Lipinski definition) is 5. The van der Waals surface area contributed by atoms with E-state index >= 15 is 0 Å². The Morgan fingerprint density at radius 2 is 2.05 bits per heavy atom. The molecule has 0 unspecified atom stereocenters. The van der Waals surface area contributed by atoms with E-state index in [1.165, 1.54) is 0 Å². The molecule has 0 radical (unpaired) electrons. The van der Waals surface area contributed by atoms with E-state index in [0.717, 1.165) is 6.04 Å². The lowest BCUT2D eigenvalue weighted by molar-refractivity contribution is 0.0456. The van der Waals surface area contributed by atoms with Crippen LogP contribution < -0.4 is 0 Å². The van der Waals surface area contributed by atoms with Crippen LogP contribution in [0.15, 0.2) is 0 Å². The zero-order valence-electron chi connectivity index (χ0n) is 13.6. The molecule has 0 aliphatic rings. The predicted octanol–water partition coefficient (Wildman–Crippen LogP) is 2.17. The van der Waals surface area contributed by atoms with Crippen LogP contribution in [-0.4, -0.2) is 41.9 Å². The minimum atomic E-state index is -1.15. The summed E-state index contributed by atoms with van der Waals surface area (Å²) < 4.78 is 12.2. The van der Waals surface area contributed by atoms with E-state index in [1.807, 2.05) is 0 Å². The summed E-state index contributed by atoms with van der Waals surface area (Å²) in [7, 11) is -1.15. The first-order valence-corrected chi connectivity index (χ1v) is 10.9. The van der Waals surface area contributed by atoms with Gasteiger partial charge >= 0.3 is 5.97 Å². The van der Waals surface area contributed by atoms with Gasteiger partial charge in [0.15, 0.2) is 0 Å². The van der Waals surface area contributed by atoms with Crippen molar-refractivity contribution in [1.82, 2.24) is 9.55 Å². The number of carbonyl (C=O) groups is 1. The second-order valence-electron chi connectivity index (χ2n) is 6.12. The number of hydrogen-bond donors (Lipinski definition) is 1. The Kier molecular flexibility index (Phi) is 6.57. The lowest BCUT2D eigenvalue weighted by atomic mass is 10.3. The van der Waals surface area contributed by atoms with Gasteiger partial charge in [0.1, 0.15) is 6.73 Å². The van der Waals surface area contributed by atoms with Gasteiger partial charge in [0.25, 0.3) is 0 Å². The second kappa shape index (κ2) is 7.72. The Balaban J connectivity index is 2.80. The van der Waals surface area contributed by atoms with E-state index < -0.39 is 14.0 Å². The summed E-state index contributed by atoms with van der Waals surface area (Å²) in [5.41, 5.74) is 1.21. The SMILES string of the molecule is CCOC(=O)c1nc(C)c(CO)n1COCC[Si](C)(C)C. The molecule has 1 rings (SSSR count). The summed E-state index contributed by atoms with van der Waals surface area (Å²) >= 11 is 0. The molecular weight excluding hydrogens is 288 g/mol. The molecule has 1 aromatic rings. The van der Waals surface area contributed by atoms with Crippen LogP contribution in [-0.2, 0) is 22.8 Å². The number of ether oxygens (including phenoxy) is 2. The highest BCUT2D eigenvalue weighted by Gasteiger charge is 2.21. The molecule has 1 N–H and O–H groups in total. The van der Waals surface area contributed by atoms with Crippen LogP contribution in [0.3, 0.4) is 0 Å². The fraction of sp³-hybridized carbons (Fsp3) is 0.714. The third-order valence-electron chi connectivity index (χ3n) is 3.10. The molecule has 0 aromatic carbocycles. The fourth-order valence-corrected chi connectivity index (χ4v) is 2.59. The van der Waals surface area contributed by atoms with Gasteiger partial charge in [0.2, 0.25) is 5.82 Å². The molecule has 0 amide bonds. The van der Waals surface area contributed by atoms with Crippen molar-refractivity contribution in [1.29, 1.82) is 0 Å². The summed E-state index contributed by atoms with van der Waals surface area (Å²) in [6, 6.07) is 1.05. The van der Waals surface area contributed by atoms with Crippen molar-refractivity contribution in [3.63, 3.8) is 0 Å². The van der Waals surface area contributed by atoms with Crippen molar-refractivity contribution in [2.24, 2.45) is 0 Å². The van der Waals surface area contributed by atoms with E-state index in [9.17, 15) is 9.90 Å². The molecule has 120 valence electrons. The first kappa shape index (κ1) is 17.9. The standard InChI is InChI=1S/C14H26N2O4Si/c1-6-20-14(18)13-15-11(2)12(9-17)16(13)10-19-7-8-21(3,4)5/h17H,6-10H2,1-5H3. The predicted molar refractivity (Wildman–Crippen MR) is 82.9 cm³/mol. The quantitative estimate of drug-likeness (QED) is 0.452. The number of aliphatic hydroxyl groups is 1. The van der Waals surface area contributed by atoms with E-state index in [2.05, 4.69) is 24.6 Å². The second-order valence-corrected chi connectivity index (χ2v) is 11.7. The zero-order chi connectivity index (χ0) is 16.0. The van der Waals surface area contributed by atoms with E-state index in [0.29, 0.717) is 18.0 Å². The van der Waals surface area contributed by atoms with Gasteiger partial charge in [0.05, 0.1) is 24.6 Å². The molecule has 1 heterocycles. The Morgan fingerprint density at radius 3 is 2.57 bits per heavy atom. The Labute approximate surface area is 127 Å². The molecular formula is C14H26N2O4Si. The van der Waals surface area contributed by atoms with E-state index in [1.54, 1.807) is 18.4 Å². The number of aromatic nitrogens is 2. The number of imidazole rings is 1. The summed E-state index contributed by atoms with van der Waals surface area (Å²) in [5, 5.41) is 9.45. The molecule has 0 spiro atoms. The summed E-state index contributed by atoms with van der Waals surface area (Å²) in [6.45, 7) is 11.3. The van der Waals surface area contributed by atoms with Gasteiger partial charge in [-0.15, -0.1) is 0 Å². The monoisotopic (exact) mass is 314 g/mol. The Hall–Kier alpha value is -1.18. The largest absolute Gasteiger partial charge is 0.460 e. The van der Waals surface area contributed by atoms with Crippen molar-refractivity contribution >= 4 is 14.0 Å². The minimum absolute atomic E-state index is 0.185. The lowest BCUT2D eigenvalue weighted by Gasteiger charge is -2.16. The van der Waals surface area contributed by atoms with Crippen LogP contribution in [0, 0.1) is 6.92 Å². The topological polar surface area (TPSA) is 73.6 Å². The van der Waals surface area contributed by atoms with Crippen molar-refractivity contribution in [3.05, 3.63) is 17.2 Å². The smallest absolute Gasteiger partial charge is 0.374 e. The van der Waals surface area contributed by atoms with Gasteiger partial charge in [-0.1, -0.05) is 19.6 Å². The number of esters is 1. The van der Waals surface area contributed by atoms with Gasteiger partial charge in [-0.3, -0.25) is 4.57 Å². The van der Waals surface area contributed by atoms with Crippen molar-refractivity contribution in [2.45, 2.75) is 52.9 Å². The number of nitrogens with zero attached hydrogens (tertiary/aromatic N) is 2. The molecule has 0 saturated heterocycles. The third-order valence-corrected chi connectivity index (χ3v) is 4.80. The van der Waals surface area contributed by atoms with Crippen LogP contribution in [0.2, 0.25) is 25.7 Å². The Morgan fingerprint density at radius 1 is 1.38 bits per heavy atom. The molecule has 0 aliphatic heterocycles. The molecule has 0 atom stereocenters. The third kappa shape index (κ3) is 5.26. The number of aryl methyl sites for hydroxylation is 1. The molecule has 7 heteroatoms. The van der Waals surface area contributed by atoms with Gasteiger partial charge in [-0.2, -0.15) is 0 Å². The van der Waals surface area contributed by atoms with Gasteiger partial charge < -0.3 is 14.6 Å². The molecule has 21 heavy (non-hydrogen) atoms. The van der Waals surface area contributed by atoms with E-state index in [-0.39, 0.29) is 25.8 Å². The van der Waals surface area contributed by atoms with Crippen molar-refractivity contribution in [3.8, 4) is 0 Å². The summed E-state index contributed by atoms with van der Waals surface area (Å²) in [6.07, 6.45) is 0. The van der Waals surface area contributed by atoms with Crippen LogP contribution in [0.5, 0.6) is 0 Å². The highest BCUT2D eigenvalue weighted by atomic mass is 28.3. The molecule has 0 aliphatic carbocycles. The van der Waals surface area contributed by atoms with Crippen LogP contribution in [0.4, 0.5) is 0 Å². The van der Waals surface area contributed by atoms with Gasteiger partial charge in [-0.05, 0) is 19.9 Å². The van der Waals surface area contributed by atoms with Gasteiger partial charge in [0, 0.05) is 14.7 Å². The fourth-order valence-electron chi connectivity index (χ4n) is 1.83. The summed E-state index contributed by atoms with van der Waals surface area (Å²) in [5.74, 6) is -0.305. The number of aliphatic hydroxyl groups excluding tert-OH is 1. The first-order chi connectivity index (χ1) is 9.80. The summed E-state index contributed by atoms with van der Waals surface area (Å²) in [4.78, 5) is 16.1. The average molecular weight is 314 g/mol. The lowest BCUT2D eigenvalue weighted by Crippen LogP contribution is -2.23. The molecule has 1 aromatic heterocycles. The molecule has 0 fully saturated rings. The first-order valence-electron chi connectivity index (χ1n) is 7.22. The number of carbonyl (C=O) groups excluding carboxylic acids is 1. The maximum absolute atomic E-state index is 11.9. The maximum atomic E-state index is 11.9. The van der Waals surface area contributed by atoms with Crippen molar-refractivity contribution in [2.75, 3.05) is 13.2 Å². The van der Waals surface area contributed by atoms with Crippen molar-refractivity contribution < 1.29 is 19.4 Å². The molecule has 6 nitrogen and oxygen atoms in total. The normalized spacial score (nSPS) is 11.7. The Bertz CT molecular complexity index is 480. The minimum Gasteiger partial charge on any atom is -0.460 e. The van der Waals surface area contributed by atoms with Crippen LogP contribution >= 0.6 is 0 Å². The van der Waals surface area contributed by atoms with Gasteiger partial charge in [-0.25, -0.2) is 9.78 Å². The molecule has 0 saturated carbocycles. The zero-order valence-corrected chi connectivity index (χ0v) is 14.6. The highest BCUT2D eigenvalue weighted by molar-refractivity contribution is 6.76. The van der Waals surface area contributed by atoms with Crippen LogP contribution in [0.25, 0.3) is 0 Å². The number of rotatable bonds is 8. The highest BCUT2D eigenvalue weighted by Crippen LogP contribution is 2.14. The average Bonchev–Trinajstić information content (AvgIpc) is 2.70.